The molecule has 3 nitrogen and oxygen atoms in total. The van der Waals surface area contributed by atoms with E-state index in [2.05, 4.69) is 21.2 Å². The van der Waals surface area contributed by atoms with Gasteiger partial charge in [0.15, 0.2) is 0 Å². The van der Waals surface area contributed by atoms with E-state index < -0.39 is 0 Å². The zero-order chi connectivity index (χ0) is 13.2. The molecule has 2 aromatic rings. The van der Waals surface area contributed by atoms with Crippen LogP contribution in [0.25, 0.3) is 0 Å². The summed E-state index contributed by atoms with van der Waals surface area (Å²) < 4.78 is 6.45. The van der Waals surface area contributed by atoms with Gasteiger partial charge in [-0.2, -0.15) is 0 Å². The molecule has 0 aliphatic carbocycles. The summed E-state index contributed by atoms with van der Waals surface area (Å²) in [6.45, 7) is 0.680. The minimum absolute atomic E-state index is 0.134. The predicted molar refractivity (Wildman–Crippen MR) is 77.7 cm³/mol. The van der Waals surface area contributed by atoms with Gasteiger partial charge in [-0.15, -0.1) is 0 Å². The van der Waals surface area contributed by atoms with Crippen molar-refractivity contribution in [3.8, 4) is 5.75 Å². The molecule has 1 aliphatic heterocycles. The Bertz CT molecular complexity index is 640. The number of anilines is 1. The maximum absolute atomic E-state index is 12.2. The maximum atomic E-state index is 12.2. The Labute approximate surface area is 119 Å². The summed E-state index contributed by atoms with van der Waals surface area (Å²) in [5.41, 5.74) is 2.50. The molecule has 96 valence electrons. The zero-order valence-electron chi connectivity index (χ0n) is 10.2. The van der Waals surface area contributed by atoms with Gasteiger partial charge < -0.3 is 10.1 Å². The minimum Gasteiger partial charge on any atom is -0.491 e. The van der Waals surface area contributed by atoms with Crippen molar-refractivity contribution in [1.82, 2.24) is 0 Å². The quantitative estimate of drug-likeness (QED) is 0.918. The Morgan fingerprint density at radius 3 is 2.89 bits per heavy atom. The molecule has 0 bridgehead atoms. The van der Waals surface area contributed by atoms with Crippen molar-refractivity contribution >= 4 is 27.5 Å². The van der Waals surface area contributed by atoms with Gasteiger partial charge in [0.1, 0.15) is 5.75 Å². The van der Waals surface area contributed by atoms with Gasteiger partial charge in [0.05, 0.1) is 12.3 Å². The van der Waals surface area contributed by atoms with Crippen LogP contribution in [-0.4, -0.2) is 12.5 Å². The van der Waals surface area contributed by atoms with Gasteiger partial charge in [-0.05, 0) is 29.8 Å². The summed E-state index contributed by atoms with van der Waals surface area (Å²) in [6.07, 6.45) is 0.899. The highest BCUT2D eigenvalue weighted by molar-refractivity contribution is 9.10. The Morgan fingerprint density at radius 1 is 1.21 bits per heavy atom. The number of fused-ring (bicyclic) bond motifs is 1. The van der Waals surface area contributed by atoms with E-state index in [1.165, 1.54) is 0 Å². The fourth-order valence-electron chi connectivity index (χ4n) is 2.14. The number of halogens is 1. The molecule has 0 saturated heterocycles. The first-order valence-electron chi connectivity index (χ1n) is 6.05. The molecule has 0 aromatic heterocycles. The highest BCUT2D eigenvalue weighted by atomic mass is 79.9. The Kier molecular flexibility index (Phi) is 3.25. The van der Waals surface area contributed by atoms with E-state index >= 15 is 0 Å². The number of nitrogens with one attached hydrogen (secondary N) is 1. The molecule has 0 atom stereocenters. The van der Waals surface area contributed by atoms with E-state index in [9.17, 15) is 4.79 Å². The third-order valence-electron chi connectivity index (χ3n) is 3.05. The van der Waals surface area contributed by atoms with Crippen LogP contribution >= 0.6 is 15.9 Å². The number of hydrogen-bond donors (Lipinski definition) is 1. The van der Waals surface area contributed by atoms with Gasteiger partial charge in [0.2, 0.25) is 0 Å². The van der Waals surface area contributed by atoms with E-state index in [0.717, 1.165) is 27.9 Å². The summed E-state index contributed by atoms with van der Waals surface area (Å²) in [6, 6.07) is 13.1. The highest BCUT2D eigenvalue weighted by Gasteiger charge is 2.17. The molecule has 0 spiro atoms. The number of rotatable bonds is 2. The lowest BCUT2D eigenvalue weighted by Crippen LogP contribution is -2.12. The molecule has 0 saturated carbocycles. The van der Waals surface area contributed by atoms with Crippen molar-refractivity contribution in [2.24, 2.45) is 0 Å². The van der Waals surface area contributed by atoms with E-state index in [1.54, 1.807) is 12.1 Å². The van der Waals surface area contributed by atoms with E-state index in [-0.39, 0.29) is 5.91 Å². The SMILES string of the molecule is O=C(Nc1cccc2c1OCC2)c1cccc(Br)c1. The van der Waals surface area contributed by atoms with Crippen molar-refractivity contribution in [2.45, 2.75) is 6.42 Å². The average Bonchev–Trinajstić information content (AvgIpc) is 2.88. The van der Waals surface area contributed by atoms with E-state index in [4.69, 9.17) is 4.74 Å². The van der Waals surface area contributed by atoms with Gasteiger partial charge in [0.25, 0.3) is 5.91 Å². The number of carbonyl (C=O) groups is 1. The average molecular weight is 318 g/mol. The smallest absolute Gasteiger partial charge is 0.255 e. The lowest BCUT2D eigenvalue weighted by atomic mass is 10.1. The molecule has 1 aliphatic rings. The number of carbonyl (C=O) groups excluding carboxylic acids is 1. The predicted octanol–water partition coefficient (Wildman–Crippen LogP) is 3.64. The molecule has 0 unspecified atom stereocenters. The first kappa shape index (κ1) is 12.2. The first-order chi connectivity index (χ1) is 9.24. The summed E-state index contributed by atoms with van der Waals surface area (Å²) >= 11 is 3.36. The molecule has 19 heavy (non-hydrogen) atoms. The number of para-hydroxylation sites is 1. The van der Waals surface area contributed by atoms with Crippen molar-refractivity contribution in [3.05, 3.63) is 58.1 Å². The topological polar surface area (TPSA) is 38.3 Å². The molecule has 2 aromatic carbocycles. The minimum atomic E-state index is -0.134. The van der Waals surface area contributed by atoms with Crippen LogP contribution in [0.5, 0.6) is 5.75 Å². The Hall–Kier alpha value is -1.81. The van der Waals surface area contributed by atoms with Crippen LogP contribution < -0.4 is 10.1 Å². The van der Waals surface area contributed by atoms with Crippen molar-refractivity contribution in [3.63, 3.8) is 0 Å². The first-order valence-corrected chi connectivity index (χ1v) is 6.85. The maximum Gasteiger partial charge on any atom is 0.255 e. The second kappa shape index (κ2) is 5.05. The van der Waals surface area contributed by atoms with Gasteiger partial charge in [-0.3, -0.25) is 4.79 Å². The normalized spacial score (nSPS) is 12.7. The van der Waals surface area contributed by atoms with Crippen LogP contribution in [0.3, 0.4) is 0 Å². The Morgan fingerprint density at radius 2 is 2.05 bits per heavy atom. The van der Waals surface area contributed by atoms with Crippen molar-refractivity contribution in [2.75, 3.05) is 11.9 Å². The molecule has 1 heterocycles. The summed E-state index contributed by atoms with van der Waals surface area (Å²) in [4.78, 5) is 12.2. The monoisotopic (exact) mass is 317 g/mol. The van der Waals surface area contributed by atoms with Crippen LogP contribution in [0, 0.1) is 0 Å². The fraction of sp³-hybridized carbons (Fsp3) is 0.133. The third kappa shape index (κ3) is 2.49. The van der Waals surface area contributed by atoms with Crippen LogP contribution in [0.4, 0.5) is 5.69 Å². The van der Waals surface area contributed by atoms with Gasteiger partial charge in [0, 0.05) is 16.5 Å². The van der Waals surface area contributed by atoms with Crippen LogP contribution in [-0.2, 0) is 6.42 Å². The van der Waals surface area contributed by atoms with Crippen LogP contribution in [0.15, 0.2) is 46.9 Å². The summed E-state index contributed by atoms with van der Waals surface area (Å²) in [7, 11) is 0. The fourth-order valence-corrected chi connectivity index (χ4v) is 2.54. The summed E-state index contributed by atoms with van der Waals surface area (Å²) in [5, 5.41) is 2.90. The van der Waals surface area contributed by atoms with Gasteiger partial charge >= 0.3 is 0 Å². The molecule has 3 rings (SSSR count). The number of hydrogen-bond acceptors (Lipinski definition) is 2. The van der Waals surface area contributed by atoms with Gasteiger partial charge in [-0.25, -0.2) is 0 Å². The van der Waals surface area contributed by atoms with E-state index in [1.807, 2.05) is 30.3 Å². The standard InChI is InChI=1S/C15H12BrNO2/c16-12-5-1-4-11(9-12)15(18)17-13-6-2-3-10-7-8-19-14(10)13/h1-6,9H,7-8H2,(H,17,18). The molecule has 1 amide bonds. The third-order valence-corrected chi connectivity index (χ3v) is 3.54. The molecule has 0 fully saturated rings. The second-order valence-electron chi connectivity index (χ2n) is 4.36. The van der Waals surface area contributed by atoms with Crippen LogP contribution in [0.2, 0.25) is 0 Å². The lowest BCUT2D eigenvalue weighted by molar-refractivity contribution is 0.102. The van der Waals surface area contributed by atoms with Gasteiger partial charge in [-0.1, -0.05) is 34.1 Å². The molecular weight excluding hydrogens is 306 g/mol. The lowest BCUT2D eigenvalue weighted by Gasteiger charge is -2.09. The van der Waals surface area contributed by atoms with Crippen LogP contribution in [0.1, 0.15) is 15.9 Å². The second-order valence-corrected chi connectivity index (χ2v) is 5.27. The molecule has 1 N–H and O–H groups in total. The molecule has 4 heteroatoms. The molecule has 0 radical (unpaired) electrons. The number of amides is 1. The number of ether oxygens (including phenoxy) is 1. The Balaban J connectivity index is 1.86. The summed E-state index contributed by atoms with van der Waals surface area (Å²) in [5.74, 6) is 0.663. The highest BCUT2D eigenvalue weighted by Crippen LogP contribution is 2.33. The number of benzene rings is 2. The van der Waals surface area contributed by atoms with Crippen molar-refractivity contribution in [1.29, 1.82) is 0 Å². The largest absolute Gasteiger partial charge is 0.491 e. The molecular formula is C15H12BrNO2. The van der Waals surface area contributed by atoms with E-state index in [0.29, 0.717) is 12.2 Å². The van der Waals surface area contributed by atoms with Crippen molar-refractivity contribution < 1.29 is 9.53 Å². The zero-order valence-corrected chi connectivity index (χ0v) is 11.7.